The van der Waals surface area contributed by atoms with Gasteiger partial charge in [-0.05, 0) is 0 Å². The summed E-state index contributed by atoms with van der Waals surface area (Å²) in [6.07, 6.45) is 0. The molecule has 1 fully saturated rings. The molecule has 100 valence electrons. The van der Waals surface area contributed by atoms with Crippen molar-refractivity contribution in [1.82, 2.24) is 10.2 Å². The molecular weight excluding hydrogens is 222 g/mol. The van der Waals surface area contributed by atoms with E-state index >= 15 is 0 Å². The summed E-state index contributed by atoms with van der Waals surface area (Å²) in [5.41, 5.74) is 1.38. The molecule has 1 saturated heterocycles. The Morgan fingerprint density at radius 2 is 1.94 bits per heavy atom. The first kappa shape index (κ1) is 13.5. The van der Waals surface area contributed by atoms with Crippen LogP contribution in [0.4, 0.5) is 0 Å². The molecule has 0 aliphatic carbocycles. The van der Waals surface area contributed by atoms with Crippen molar-refractivity contribution in [3.05, 3.63) is 42.9 Å². The van der Waals surface area contributed by atoms with Gasteiger partial charge in [0.1, 0.15) is 0 Å². The minimum Gasteiger partial charge on any atom is -0.472 e. The summed E-state index contributed by atoms with van der Waals surface area (Å²) >= 11 is 0. The van der Waals surface area contributed by atoms with Crippen molar-refractivity contribution in [2.24, 2.45) is 5.92 Å². The Balaban J connectivity index is 1.94. The third kappa shape index (κ3) is 3.55. The fourth-order valence-electron chi connectivity index (χ4n) is 2.79. The number of rotatable bonds is 5. The zero-order valence-corrected chi connectivity index (χ0v) is 11.3. The molecule has 1 aliphatic heterocycles. The monoisotopic (exact) mass is 247 g/mol. The van der Waals surface area contributed by atoms with Crippen molar-refractivity contribution in [2.45, 2.75) is 13.0 Å². The fourth-order valence-corrected chi connectivity index (χ4v) is 2.79. The van der Waals surface area contributed by atoms with Crippen LogP contribution in [0.15, 0.2) is 30.3 Å². The highest BCUT2D eigenvalue weighted by Crippen LogP contribution is 2.19. The van der Waals surface area contributed by atoms with Gasteiger partial charge >= 0.3 is 0 Å². The van der Waals surface area contributed by atoms with Crippen LogP contribution in [0.1, 0.15) is 18.5 Å². The molecule has 18 heavy (non-hydrogen) atoms. The zero-order valence-electron chi connectivity index (χ0n) is 11.3. The predicted molar refractivity (Wildman–Crippen MR) is 74.9 cm³/mol. The van der Waals surface area contributed by atoms with Crippen LogP contribution in [0.5, 0.6) is 0 Å². The lowest BCUT2D eigenvalue weighted by atomic mass is 9.94. The van der Waals surface area contributed by atoms with Gasteiger partial charge in [-0.1, -0.05) is 37.3 Å². The minimum atomic E-state index is 0.459. The maximum atomic E-state index is 4.02. The number of nitrogens with two attached hydrogens (primary N) is 1. The second-order valence-electron chi connectivity index (χ2n) is 5.20. The van der Waals surface area contributed by atoms with E-state index in [1.165, 1.54) is 18.7 Å². The van der Waals surface area contributed by atoms with Gasteiger partial charge in [-0.3, -0.25) is 0 Å². The van der Waals surface area contributed by atoms with Crippen LogP contribution in [-0.2, 0) is 0 Å². The summed E-state index contributed by atoms with van der Waals surface area (Å²) in [6.45, 7) is 8.08. The number of quaternary nitrogens is 1. The van der Waals surface area contributed by atoms with Crippen LogP contribution < -0.4 is 10.6 Å². The van der Waals surface area contributed by atoms with Gasteiger partial charge < -0.3 is 15.5 Å². The van der Waals surface area contributed by atoms with Crippen molar-refractivity contribution in [2.75, 3.05) is 32.7 Å². The van der Waals surface area contributed by atoms with Gasteiger partial charge in [0.05, 0.1) is 6.04 Å². The largest absolute Gasteiger partial charge is 0.472 e. The fraction of sp³-hybridized carbons (Fsp3) is 0.533. The Hall–Kier alpha value is -0.900. The summed E-state index contributed by atoms with van der Waals surface area (Å²) in [6, 6.07) is 11.2. The minimum absolute atomic E-state index is 0.459. The van der Waals surface area contributed by atoms with Gasteiger partial charge in [-0.2, -0.15) is 7.05 Å². The number of hydrogen-bond acceptors (Lipinski definition) is 2. The Bertz CT molecular complexity index is 333. The van der Waals surface area contributed by atoms with E-state index < -0.39 is 0 Å². The van der Waals surface area contributed by atoms with Crippen LogP contribution in [-0.4, -0.2) is 37.6 Å². The normalized spacial score (nSPS) is 20.6. The van der Waals surface area contributed by atoms with Gasteiger partial charge in [0.15, 0.2) is 0 Å². The predicted octanol–water partition coefficient (Wildman–Crippen LogP) is 0.624. The van der Waals surface area contributed by atoms with Gasteiger partial charge in [0.2, 0.25) is 0 Å². The highest BCUT2D eigenvalue weighted by atomic mass is 15.2. The Labute approximate surface area is 111 Å². The topological polar surface area (TPSA) is 31.9 Å². The SMILES string of the molecule is [CH2-][NH2+][C@@H](c1ccccc1)[C@@H](C)CN1CCNCC1. The van der Waals surface area contributed by atoms with Gasteiger partial charge in [0, 0.05) is 44.2 Å². The van der Waals surface area contributed by atoms with E-state index in [-0.39, 0.29) is 0 Å². The highest BCUT2D eigenvalue weighted by molar-refractivity contribution is 5.17. The summed E-state index contributed by atoms with van der Waals surface area (Å²) in [4.78, 5) is 2.56. The molecule has 0 aromatic heterocycles. The van der Waals surface area contributed by atoms with Gasteiger partial charge in [-0.25, -0.2) is 0 Å². The number of hydrogen-bond donors (Lipinski definition) is 2. The molecule has 0 bridgehead atoms. The number of benzene rings is 1. The lowest BCUT2D eigenvalue weighted by Crippen LogP contribution is -2.80. The van der Waals surface area contributed by atoms with E-state index in [9.17, 15) is 0 Å². The van der Waals surface area contributed by atoms with Gasteiger partial charge in [0.25, 0.3) is 0 Å². The molecule has 1 aromatic rings. The van der Waals surface area contributed by atoms with E-state index in [0.29, 0.717) is 12.0 Å². The molecule has 0 spiro atoms. The average molecular weight is 247 g/mol. The van der Waals surface area contributed by atoms with Gasteiger partial charge in [-0.15, -0.1) is 0 Å². The molecule has 3 N–H and O–H groups in total. The van der Waals surface area contributed by atoms with E-state index in [4.69, 9.17) is 0 Å². The molecule has 0 unspecified atom stereocenters. The summed E-state index contributed by atoms with van der Waals surface area (Å²) in [5, 5.41) is 5.50. The van der Waals surface area contributed by atoms with Crippen molar-refractivity contribution >= 4 is 0 Å². The quantitative estimate of drug-likeness (QED) is 0.748. The second-order valence-corrected chi connectivity index (χ2v) is 5.20. The molecule has 0 saturated carbocycles. The van der Waals surface area contributed by atoms with Crippen molar-refractivity contribution in [3.8, 4) is 0 Å². The van der Waals surface area contributed by atoms with E-state index in [2.05, 4.69) is 59.8 Å². The van der Waals surface area contributed by atoms with Crippen LogP contribution in [0.3, 0.4) is 0 Å². The molecule has 0 radical (unpaired) electrons. The van der Waals surface area contributed by atoms with E-state index in [1.807, 2.05) is 0 Å². The molecule has 2 atom stereocenters. The lowest BCUT2D eigenvalue weighted by molar-refractivity contribution is -0.648. The summed E-state index contributed by atoms with van der Waals surface area (Å²) in [7, 11) is 4.02. The maximum absolute atomic E-state index is 4.02. The standard InChI is InChI=1S/C15H25N3/c1-13(12-18-10-8-17-9-11-18)15(16-2)14-6-4-3-5-7-14/h3-7,13,15,17H,2,8-12,16H2,1H3/t13-,15+/m0/s1. The molecule has 0 amide bonds. The molecule has 1 heterocycles. The third-order valence-corrected chi connectivity index (χ3v) is 3.81. The molecule has 1 aromatic carbocycles. The first-order chi connectivity index (χ1) is 8.81. The number of nitrogens with zero attached hydrogens (tertiary/aromatic N) is 1. The van der Waals surface area contributed by atoms with Crippen molar-refractivity contribution in [1.29, 1.82) is 0 Å². The van der Waals surface area contributed by atoms with Crippen molar-refractivity contribution < 1.29 is 5.32 Å². The molecule has 1 aliphatic rings. The molecule has 3 nitrogen and oxygen atoms in total. The second kappa shape index (κ2) is 6.88. The Morgan fingerprint density at radius 3 is 2.56 bits per heavy atom. The van der Waals surface area contributed by atoms with Crippen LogP contribution >= 0.6 is 0 Å². The van der Waals surface area contributed by atoms with E-state index in [1.54, 1.807) is 0 Å². The smallest absolute Gasteiger partial charge is 0.0914 e. The molecular formula is C15H25N3. The summed E-state index contributed by atoms with van der Waals surface area (Å²) in [5.74, 6) is 0.614. The Morgan fingerprint density at radius 1 is 1.28 bits per heavy atom. The van der Waals surface area contributed by atoms with Crippen LogP contribution in [0.2, 0.25) is 0 Å². The molecule has 2 rings (SSSR count). The number of piperazine rings is 1. The first-order valence-corrected chi connectivity index (χ1v) is 6.92. The lowest BCUT2D eigenvalue weighted by Gasteiger charge is -2.32. The number of nitrogens with one attached hydrogen (secondary N) is 1. The third-order valence-electron chi connectivity index (χ3n) is 3.81. The maximum Gasteiger partial charge on any atom is 0.0914 e. The van der Waals surface area contributed by atoms with E-state index in [0.717, 1.165) is 19.6 Å². The Kier molecular flexibility index (Phi) is 5.17. The summed E-state index contributed by atoms with van der Waals surface area (Å²) < 4.78 is 0. The highest BCUT2D eigenvalue weighted by Gasteiger charge is 2.22. The van der Waals surface area contributed by atoms with Crippen molar-refractivity contribution in [3.63, 3.8) is 0 Å². The zero-order chi connectivity index (χ0) is 12.8. The van der Waals surface area contributed by atoms with Crippen LogP contribution in [0.25, 0.3) is 0 Å². The average Bonchev–Trinajstić information content (AvgIpc) is 2.42. The first-order valence-electron chi connectivity index (χ1n) is 6.92. The van der Waals surface area contributed by atoms with Crippen LogP contribution in [0, 0.1) is 13.0 Å². The molecule has 3 heteroatoms.